The molecule has 25 heavy (non-hydrogen) atoms. The predicted octanol–water partition coefficient (Wildman–Crippen LogP) is 4.16. The lowest BCUT2D eigenvalue weighted by Gasteiger charge is -2.35. The zero-order valence-corrected chi connectivity index (χ0v) is 15.9. The maximum Gasteiger partial charge on any atom is 0.135 e. The summed E-state index contributed by atoms with van der Waals surface area (Å²) >= 11 is 3.64. The van der Waals surface area contributed by atoms with Gasteiger partial charge in [0.2, 0.25) is 0 Å². The fourth-order valence-electron chi connectivity index (χ4n) is 4.00. The molecule has 5 rings (SSSR count). The highest BCUT2D eigenvalue weighted by Crippen LogP contribution is 2.36. The highest BCUT2D eigenvalue weighted by molar-refractivity contribution is 7.11. The van der Waals surface area contributed by atoms with E-state index in [0.29, 0.717) is 6.61 Å². The Kier molecular flexibility index (Phi) is 3.82. The molecule has 1 spiro atoms. The summed E-state index contributed by atoms with van der Waals surface area (Å²) in [6.07, 6.45) is 3.10. The van der Waals surface area contributed by atoms with Crippen LogP contribution in [0, 0.1) is 6.92 Å². The summed E-state index contributed by atoms with van der Waals surface area (Å²) in [4.78, 5) is 9.97. The Morgan fingerprint density at radius 2 is 2.24 bits per heavy atom. The molecule has 0 N–H and O–H groups in total. The quantitative estimate of drug-likeness (QED) is 0.693. The summed E-state index contributed by atoms with van der Waals surface area (Å²) in [5.74, 6) is 1.05. The summed E-state index contributed by atoms with van der Waals surface area (Å²) in [6, 6.07) is 6.65. The van der Waals surface area contributed by atoms with E-state index in [-0.39, 0.29) is 5.60 Å². The molecule has 0 unspecified atom stereocenters. The maximum absolute atomic E-state index is 6.34. The second-order valence-corrected chi connectivity index (χ2v) is 9.26. The lowest BCUT2D eigenvalue weighted by atomic mass is 10.0. The van der Waals surface area contributed by atoms with Crippen molar-refractivity contribution in [2.24, 2.45) is 0 Å². The summed E-state index contributed by atoms with van der Waals surface area (Å²) in [6.45, 7) is 6.86. The number of ether oxygens (including phenoxy) is 1. The molecule has 3 aromatic rings. The molecule has 0 aliphatic carbocycles. The minimum absolute atomic E-state index is 0.0647. The number of aryl methyl sites for hydroxylation is 1. The molecule has 2 aliphatic heterocycles. The number of likely N-dealkylation sites (tertiary alicyclic amines) is 1. The van der Waals surface area contributed by atoms with Crippen LogP contribution < -0.4 is 0 Å². The van der Waals surface area contributed by atoms with Crippen molar-refractivity contribution in [2.75, 3.05) is 13.1 Å². The molecule has 0 amide bonds. The fourth-order valence-corrected chi connectivity index (χ4v) is 5.58. The van der Waals surface area contributed by atoms with Crippen LogP contribution in [0.2, 0.25) is 0 Å². The molecular formula is C19H21N3OS2. The Morgan fingerprint density at radius 3 is 3.04 bits per heavy atom. The van der Waals surface area contributed by atoms with Crippen molar-refractivity contribution in [1.29, 1.82) is 0 Å². The van der Waals surface area contributed by atoms with E-state index in [4.69, 9.17) is 4.74 Å². The number of hydrogen-bond donors (Lipinski definition) is 0. The van der Waals surface area contributed by atoms with Crippen LogP contribution >= 0.6 is 22.7 Å². The minimum atomic E-state index is -0.0647. The van der Waals surface area contributed by atoms with Gasteiger partial charge in [-0.15, -0.1) is 11.3 Å². The summed E-state index contributed by atoms with van der Waals surface area (Å²) in [5, 5.41) is 4.33. The van der Waals surface area contributed by atoms with Crippen LogP contribution in [0.25, 0.3) is 11.3 Å². The number of nitrogens with zero attached hydrogens (tertiary/aromatic N) is 3. The Balaban J connectivity index is 1.36. The Labute approximate surface area is 155 Å². The normalized spacial score (nSPS) is 23.4. The van der Waals surface area contributed by atoms with E-state index in [1.165, 1.54) is 21.0 Å². The molecule has 2 aliphatic rings. The first-order valence-electron chi connectivity index (χ1n) is 8.69. The largest absolute Gasteiger partial charge is 0.364 e. The van der Waals surface area contributed by atoms with Crippen LogP contribution in [0.5, 0.6) is 0 Å². The predicted molar refractivity (Wildman–Crippen MR) is 102 cm³/mol. The van der Waals surface area contributed by atoms with Gasteiger partial charge in [-0.3, -0.25) is 4.90 Å². The zero-order chi connectivity index (χ0) is 16.9. The van der Waals surface area contributed by atoms with Crippen molar-refractivity contribution in [3.63, 3.8) is 0 Å². The molecule has 5 heterocycles. The van der Waals surface area contributed by atoms with E-state index in [9.17, 15) is 0 Å². The lowest BCUT2D eigenvalue weighted by Crippen LogP contribution is -2.44. The van der Waals surface area contributed by atoms with Gasteiger partial charge < -0.3 is 9.30 Å². The van der Waals surface area contributed by atoms with Crippen LogP contribution in [0.15, 0.2) is 35.2 Å². The standard InChI is InChI=1S/C19H21N3OS2/c1-14-2-3-16(25-14)9-21-6-5-19(12-21)13-22-17(15-4-7-24-11-15)8-20-18(22)10-23-19/h2-4,7-8,11H,5-6,9-10,12-13H2,1H3/t19-/m0/s1. The molecule has 1 saturated heterocycles. The monoisotopic (exact) mass is 371 g/mol. The second-order valence-electron chi connectivity index (χ2n) is 7.10. The van der Waals surface area contributed by atoms with E-state index in [1.54, 1.807) is 11.3 Å². The van der Waals surface area contributed by atoms with E-state index in [1.807, 2.05) is 17.5 Å². The Morgan fingerprint density at radius 1 is 1.28 bits per heavy atom. The van der Waals surface area contributed by atoms with E-state index in [2.05, 4.69) is 50.3 Å². The first-order valence-corrected chi connectivity index (χ1v) is 10.5. The van der Waals surface area contributed by atoms with Gasteiger partial charge in [0.25, 0.3) is 0 Å². The van der Waals surface area contributed by atoms with Gasteiger partial charge in [-0.1, -0.05) is 0 Å². The summed E-state index contributed by atoms with van der Waals surface area (Å²) in [5.41, 5.74) is 2.43. The van der Waals surface area contributed by atoms with Gasteiger partial charge in [0.1, 0.15) is 18.0 Å². The maximum atomic E-state index is 6.34. The van der Waals surface area contributed by atoms with E-state index in [0.717, 1.165) is 38.4 Å². The van der Waals surface area contributed by atoms with Gasteiger partial charge in [0, 0.05) is 40.3 Å². The second kappa shape index (κ2) is 6.06. The van der Waals surface area contributed by atoms with Crippen molar-refractivity contribution in [3.05, 3.63) is 50.7 Å². The highest BCUT2D eigenvalue weighted by atomic mass is 32.1. The molecule has 4 nitrogen and oxygen atoms in total. The van der Waals surface area contributed by atoms with Gasteiger partial charge in [0.15, 0.2) is 0 Å². The van der Waals surface area contributed by atoms with Crippen LogP contribution in [-0.2, 0) is 24.4 Å². The van der Waals surface area contributed by atoms with Crippen molar-refractivity contribution in [2.45, 2.75) is 38.6 Å². The van der Waals surface area contributed by atoms with Gasteiger partial charge in [0.05, 0.1) is 18.4 Å². The van der Waals surface area contributed by atoms with Gasteiger partial charge in [-0.05, 0) is 36.9 Å². The molecule has 0 bridgehead atoms. The third-order valence-corrected chi connectivity index (χ3v) is 6.95. The zero-order valence-electron chi connectivity index (χ0n) is 14.3. The number of fused-ring (bicyclic) bond motifs is 1. The summed E-state index contributed by atoms with van der Waals surface area (Å²) < 4.78 is 8.72. The topological polar surface area (TPSA) is 30.3 Å². The van der Waals surface area contributed by atoms with Crippen molar-refractivity contribution in [1.82, 2.24) is 14.5 Å². The first kappa shape index (κ1) is 15.8. The van der Waals surface area contributed by atoms with Crippen LogP contribution in [0.4, 0.5) is 0 Å². The van der Waals surface area contributed by atoms with Gasteiger partial charge in [-0.25, -0.2) is 4.98 Å². The smallest absolute Gasteiger partial charge is 0.135 e. The molecule has 130 valence electrons. The molecule has 6 heteroatoms. The molecular weight excluding hydrogens is 350 g/mol. The van der Waals surface area contributed by atoms with Crippen LogP contribution in [0.1, 0.15) is 22.0 Å². The molecule has 0 aromatic carbocycles. The average molecular weight is 372 g/mol. The highest BCUT2D eigenvalue weighted by Gasteiger charge is 2.43. The van der Waals surface area contributed by atoms with E-state index < -0.39 is 0 Å². The number of aromatic nitrogens is 2. The molecule has 0 radical (unpaired) electrons. The molecule has 3 aromatic heterocycles. The third-order valence-electron chi connectivity index (χ3n) is 5.28. The summed E-state index contributed by atoms with van der Waals surface area (Å²) in [7, 11) is 0. The van der Waals surface area contributed by atoms with Gasteiger partial charge in [-0.2, -0.15) is 11.3 Å². The average Bonchev–Trinajstić information content (AvgIpc) is 3.36. The SMILES string of the molecule is Cc1ccc(CN2CC[C@]3(C2)Cn2c(-c4ccsc4)cnc2CO3)s1. The number of rotatable bonds is 3. The minimum Gasteiger partial charge on any atom is -0.364 e. The Bertz CT molecular complexity index is 883. The molecule has 1 fully saturated rings. The van der Waals surface area contributed by atoms with Crippen molar-refractivity contribution < 1.29 is 4.74 Å². The van der Waals surface area contributed by atoms with E-state index >= 15 is 0 Å². The first-order chi connectivity index (χ1) is 12.2. The lowest BCUT2D eigenvalue weighted by molar-refractivity contribution is -0.0821. The third kappa shape index (κ3) is 2.87. The Hall–Kier alpha value is -1.47. The van der Waals surface area contributed by atoms with Crippen molar-refractivity contribution in [3.8, 4) is 11.3 Å². The molecule has 1 atom stereocenters. The number of imidazole rings is 1. The van der Waals surface area contributed by atoms with Crippen molar-refractivity contribution >= 4 is 22.7 Å². The number of thiophene rings is 2. The number of hydrogen-bond acceptors (Lipinski definition) is 5. The van der Waals surface area contributed by atoms with Crippen LogP contribution in [0.3, 0.4) is 0 Å². The fraction of sp³-hybridized carbons (Fsp3) is 0.421. The van der Waals surface area contributed by atoms with Gasteiger partial charge >= 0.3 is 0 Å². The van der Waals surface area contributed by atoms with Crippen LogP contribution in [-0.4, -0.2) is 33.1 Å². The molecule has 0 saturated carbocycles.